The van der Waals surface area contributed by atoms with Crippen LogP contribution in [0, 0.1) is 0 Å². The van der Waals surface area contributed by atoms with Gasteiger partial charge in [-0.05, 0) is 31.4 Å². The van der Waals surface area contributed by atoms with Crippen molar-refractivity contribution in [2.45, 2.75) is 37.9 Å². The predicted molar refractivity (Wildman–Crippen MR) is 92.4 cm³/mol. The molecule has 7 nitrogen and oxygen atoms in total. The molecule has 25 heavy (non-hydrogen) atoms. The molecular weight excluding hydrogens is 368 g/mol. The summed E-state index contributed by atoms with van der Waals surface area (Å²) in [5.74, 6) is -0.752. The molecule has 2 fully saturated rings. The Morgan fingerprint density at radius 2 is 2.04 bits per heavy atom. The van der Waals surface area contributed by atoms with E-state index < -0.39 is 15.6 Å². The fourth-order valence-corrected chi connectivity index (χ4v) is 5.33. The first-order valence-corrected chi connectivity index (χ1v) is 10.3. The summed E-state index contributed by atoms with van der Waals surface area (Å²) in [7, 11) is -3.08. The second-order valence-electron chi connectivity index (χ2n) is 6.66. The number of aromatic nitrogens is 1. The van der Waals surface area contributed by atoms with E-state index in [0.717, 1.165) is 12.8 Å². The van der Waals surface area contributed by atoms with Gasteiger partial charge in [-0.15, -0.1) is 0 Å². The number of rotatable bonds is 4. The summed E-state index contributed by atoms with van der Waals surface area (Å²) in [4.78, 5) is 26.6. The smallest absolute Gasteiger partial charge is 0.408 e. The fourth-order valence-electron chi connectivity index (χ4n) is 3.46. The van der Waals surface area contributed by atoms with Gasteiger partial charge in [0, 0.05) is 23.2 Å². The normalized spacial score (nSPS) is 22.4. The number of carbonyl (C=O) groups is 1. The van der Waals surface area contributed by atoms with Crippen LogP contribution in [0.1, 0.15) is 19.3 Å². The quantitative estimate of drug-likeness (QED) is 0.795. The Morgan fingerprint density at radius 1 is 1.28 bits per heavy atom. The summed E-state index contributed by atoms with van der Waals surface area (Å²) in [5.41, 5.74) is 0.823. The van der Waals surface area contributed by atoms with E-state index in [4.69, 9.17) is 16.0 Å². The van der Waals surface area contributed by atoms with Crippen molar-refractivity contribution in [2.24, 2.45) is 0 Å². The van der Waals surface area contributed by atoms with Crippen LogP contribution in [0.15, 0.2) is 27.4 Å². The van der Waals surface area contributed by atoms with Gasteiger partial charge in [0.25, 0.3) is 0 Å². The molecule has 1 amide bonds. The molecule has 1 saturated carbocycles. The van der Waals surface area contributed by atoms with Crippen molar-refractivity contribution in [1.29, 1.82) is 0 Å². The summed E-state index contributed by atoms with van der Waals surface area (Å²) in [6.07, 6.45) is 2.21. The van der Waals surface area contributed by atoms with Gasteiger partial charge in [0.15, 0.2) is 15.4 Å². The van der Waals surface area contributed by atoms with E-state index in [2.05, 4.69) is 0 Å². The van der Waals surface area contributed by atoms with E-state index in [1.807, 2.05) is 0 Å². The summed E-state index contributed by atoms with van der Waals surface area (Å²) in [5, 5.41) is 0.440. The van der Waals surface area contributed by atoms with Crippen LogP contribution in [-0.4, -0.2) is 47.4 Å². The first-order valence-electron chi connectivity index (χ1n) is 8.14. The molecule has 1 aliphatic heterocycles. The van der Waals surface area contributed by atoms with Gasteiger partial charge in [-0.2, -0.15) is 0 Å². The monoisotopic (exact) mass is 384 g/mol. The summed E-state index contributed by atoms with van der Waals surface area (Å²) in [6, 6.07) is 4.57. The maximum Gasteiger partial charge on any atom is 0.420 e. The van der Waals surface area contributed by atoms with Gasteiger partial charge in [0.2, 0.25) is 5.91 Å². The first-order chi connectivity index (χ1) is 11.8. The third kappa shape index (κ3) is 3.20. The molecule has 0 N–H and O–H groups in total. The van der Waals surface area contributed by atoms with Crippen LogP contribution in [0.4, 0.5) is 0 Å². The maximum atomic E-state index is 12.9. The predicted octanol–water partition coefficient (Wildman–Crippen LogP) is 1.43. The van der Waals surface area contributed by atoms with Crippen molar-refractivity contribution in [1.82, 2.24) is 9.47 Å². The number of fused-ring (bicyclic) bond motifs is 1. The molecule has 4 rings (SSSR count). The van der Waals surface area contributed by atoms with Crippen molar-refractivity contribution in [2.75, 3.05) is 11.5 Å². The van der Waals surface area contributed by atoms with E-state index in [9.17, 15) is 18.0 Å². The lowest BCUT2D eigenvalue weighted by Crippen LogP contribution is -2.45. The molecular formula is C16H17ClN2O5S. The van der Waals surface area contributed by atoms with E-state index in [0.29, 0.717) is 22.5 Å². The SMILES string of the molecule is O=C(Cn1c(=O)oc2cc(Cl)ccc21)N(C1CC1)[C@@H]1CCS(=O)(=O)C1. The van der Waals surface area contributed by atoms with Gasteiger partial charge in [-0.3, -0.25) is 9.36 Å². The number of benzene rings is 1. The number of oxazole rings is 1. The Morgan fingerprint density at radius 3 is 2.68 bits per heavy atom. The number of hydrogen-bond donors (Lipinski definition) is 0. The lowest BCUT2D eigenvalue weighted by atomic mass is 10.2. The summed E-state index contributed by atoms with van der Waals surface area (Å²) < 4.78 is 30.0. The van der Waals surface area contributed by atoms with Crippen LogP contribution in [0.25, 0.3) is 11.1 Å². The van der Waals surface area contributed by atoms with Crippen LogP contribution in [-0.2, 0) is 21.2 Å². The van der Waals surface area contributed by atoms with Crippen molar-refractivity contribution >= 4 is 38.4 Å². The van der Waals surface area contributed by atoms with Gasteiger partial charge < -0.3 is 9.32 Å². The molecule has 1 aliphatic carbocycles. The Bertz CT molecular complexity index is 1010. The van der Waals surface area contributed by atoms with Gasteiger partial charge in [-0.25, -0.2) is 13.2 Å². The number of amides is 1. The summed E-state index contributed by atoms with van der Waals surface area (Å²) >= 11 is 5.90. The fraction of sp³-hybridized carbons (Fsp3) is 0.500. The largest absolute Gasteiger partial charge is 0.420 e. The second kappa shape index (κ2) is 5.88. The van der Waals surface area contributed by atoms with Crippen LogP contribution in [0.5, 0.6) is 0 Å². The highest BCUT2D eigenvalue weighted by Gasteiger charge is 2.42. The minimum absolute atomic E-state index is 0.00583. The molecule has 1 saturated heterocycles. The van der Waals surface area contributed by atoms with Crippen molar-refractivity contribution in [3.63, 3.8) is 0 Å². The van der Waals surface area contributed by atoms with Gasteiger partial charge >= 0.3 is 5.76 Å². The van der Waals surface area contributed by atoms with Gasteiger partial charge in [-0.1, -0.05) is 11.6 Å². The standard InChI is InChI=1S/C16H17ClN2O5S/c17-10-1-4-13-14(7-10)24-16(21)18(13)8-15(20)19(11-2-3-11)12-5-6-25(22,23)9-12/h1,4,7,11-12H,2-3,5-6,8-9H2/t12-/m1/s1. The number of carbonyl (C=O) groups excluding carboxylic acids is 1. The number of hydrogen-bond acceptors (Lipinski definition) is 5. The third-order valence-electron chi connectivity index (χ3n) is 4.75. The Kier molecular flexibility index (Phi) is 3.92. The van der Waals surface area contributed by atoms with E-state index in [1.54, 1.807) is 17.0 Å². The second-order valence-corrected chi connectivity index (χ2v) is 9.32. The maximum absolute atomic E-state index is 12.9. The molecule has 0 radical (unpaired) electrons. The van der Waals surface area contributed by atoms with Crippen LogP contribution < -0.4 is 5.76 Å². The summed E-state index contributed by atoms with van der Waals surface area (Å²) in [6.45, 7) is -0.166. The topological polar surface area (TPSA) is 89.6 Å². The highest BCUT2D eigenvalue weighted by Crippen LogP contribution is 2.32. The Labute approximate surface area is 149 Å². The molecule has 1 aromatic heterocycles. The molecule has 0 bridgehead atoms. The number of nitrogens with zero attached hydrogens (tertiary/aromatic N) is 2. The van der Waals surface area contributed by atoms with Crippen molar-refractivity contribution in [3.8, 4) is 0 Å². The van der Waals surface area contributed by atoms with Gasteiger partial charge in [0.1, 0.15) is 6.54 Å². The van der Waals surface area contributed by atoms with Crippen molar-refractivity contribution in [3.05, 3.63) is 33.8 Å². The minimum Gasteiger partial charge on any atom is -0.408 e. The highest BCUT2D eigenvalue weighted by atomic mass is 35.5. The molecule has 2 aromatic rings. The lowest BCUT2D eigenvalue weighted by molar-refractivity contribution is -0.134. The van der Waals surface area contributed by atoms with Crippen LogP contribution in [0.2, 0.25) is 5.02 Å². The Balaban J connectivity index is 1.62. The molecule has 9 heteroatoms. The molecule has 2 heterocycles. The van der Waals surface area contributed by atoms with E-state index in [-0.39, 0.29) is 36.0 Å². The van der Waals surface area contributed by atoms with E-state index in [1.165, 1.54) is 10.6 Å². The van der Waals surface area contributed by atoms with Gasteiger partial charge in [0.05, 0.1) is 17.0 Å². The molecule has 2 aliphatic rings. The third-order valence-corrected chi connectivity index (χ3v) is 6.74. The average Bonchev–Trinajstić information content (AvgIpc) is 3.22. The zero-order chi connectivity index (χ0) is 17.8. The highest BCUT2D eigenvalue weighted by molar-refractivity contribution is 7.91. The molecule has 134 valence electrons. The number of halogens is 1. The molecule has 0 unspecified atom stereocenters. The lowest BCUT2D eigenvalue weighted by Gasteiger charge is -2.28. The zero-order valence-corrected chi connectivity index (χ0v) is 14.9. The number of sulfone groups is 1. The molecule has 0 spiro atoms. The van der Waals surface area contributed by atoms with Crippen LogP contribution >= 0.6 is 11.6 Å². The van der Waals surface area contributed by atoms with Crippen molar-refractivity contribution < 1.29 is 17.6 Å². The van der Waals surface area contributed by atoms with E-state index >= 15 is 0 Å². The average molecular weight is 385 g/mol. The minimum atomic E-state index is -3.08. The zero-order valence-electron chi connectivity index (χ0n) is 13.4. The molecule has 1 aromatic carbocycles. The van der Waals surface area contributed by atoms with Crippen LogP contribution in [0.3, 0.4) is 0 Å². The molecule has 1 atom stereocenters. The first kappa shape index (κ1) is 16.7. The Hall–Kier alpha value is -1.80.